The number of nitrogens with zero attached hydrogens (tertiary/aromatic N) is 2. The van der Waals surface area contributed by atoms with Gasteiger partial charge in [-0.1, -0.05) is 0 Å². The zero-order valence-electron chi connectivity index (χ0n) is 7.28. The first-order valence-corrected chi connectivity index (χ1v) is 3.79. The minimum atomic E-state index is -3.29. The van der Waals surface area contributed by atoms with E-state index in [1.54, 1.807) is 0 Å². The van der Waals surface area contributed by atoms with Crippen molar-refractivity contribution in [2.75, 3.05) is 0 Å². The molecular weight excluding hydrogens is 215 g/mol. The van der Waals surface area contributed by atoms with Gasteiger partial charge in [-0.2, -0.15) is 0 Å². The van der Waals surface area contributed by atoms with Crippen molar-refractivity contribution in [2.24, 2.45) is 5.73 Å². The highest BCUT2D eigenvalue weighted by Gasteiger charge is 2.29. The summed E-state index contributed by atoms with van der Waals surface area (Å²) in [6.45, 7) is -0.263. The zero-order valence-corrected chi connectivity index (χ0v) is 7.28. The van der Waals surface area contributed by atoms with E-state index in [4.69, 9.17) is 5.73 Å². The normalized spacial score (nSPS) is 10.7. The molecule has 0 fully saturated rings. The summed E-state index contributed by atoms with van der Waals surface area (Å²) in [5.74, 6) is -2.56. The van der Waals surface area contributed by atoms with Crippen molar-refractivity contribution < 1.29 is 18.1 Å². The van der Waals surface area contributed by atoms with E-state index in [1.165, 1.54) is 0 Å². The SMILES string of the molecule is NCc1cc(F)c(C(F)F)c([N+](=O)[O-])n1. The Bertz CT molecular complexity index is 397. The van der Waals surface area contributed by atoms with Crippen LogP contribution >= 0.6 is 0 Å². The molecule has 0 aliphatic rings. The fourth-order valence-corrected chi connectivity index (χ4v) is 1.00. The summed E-state index contributed by atoms with van der Waals surface area (Å²) in [6.07, 6.45) is -3.29. The van der Waals surface area contributed by atoms with E-state index in [0.29, 0.717) is 6.07 Å². The van der Waals surface area contributed by atoms with Gasteiger partial charge in [-0.15, -0.1) is 0 Å². The molecular formula is C7H6F3N3O2. The van der Waals surface area contributed by atoms with Gasteiger partial charge < -0.3 is 15.8 Å². The summed E-state index contributed by atoms with van der Waals surface area (Å²) in [5.41, 5.74) is 3.62. The highest BCUT2D eigenvalue weighted by atomic mass is 19.3. The minimum absolute atomic E-state index is 0.149. The summed E-state index contributed by atoms with van der Waals surface area (Å²) in [4.78, 5) is 12.4. The van der Waals surface area contributed by atoms with Crippen LogP contribution in [0.2, 0.25) is 0 Å². The molecule has 0 spiro atoms. The van der Waals surface area contributed by atoms with Gasteiger partial charge in [-0.05, 0) is 9.91 Å². The number of nitrogens with two attached hydrogens (primary N) is 1. The van der Waals surface area contributed by atoms with Gasteiger partial charge in [0.15, 0.2) is 11.3 Å². The van der Waals surface area contributed by atoms with E-state index < -0.39 is 28.5 Å². The first-order valence-electron chi connectivity index (χ1n) is 3.79. The fraction of sp³-hybridized carbons (Fsp3) is 0.286. The van der Waals surface area contributed by atoms with E-state index in [9.17, 15) is 23.3 Å². The largest absolute Gasteiger partial charge is 0.375 e. The Labute approximate surface area is 81.9 Å². The van der Waals surface area contributed by atoms with Crippen molar-refractivity contribution in [3.8, 4) is 0 Å². The third kappa shape index (κ3) is 2.21. The molecule has 0 aliphatic heterocycles. The number of nitro groups is 1. The third-order valence-corrected chi connectivity index (χ3v) is 1.64. The molecule has 0 bridgehead atoms. The van der Waals surface area contributed by atoms with Crippen molar-refractivity contribution in [2.45, 2.75) is 13.0 Å². The summed E-state index contributed by atoms with van der Waals surface area (Å²) in [5, 5.41) is 10.3. The molecule has 0 radical (unpaired) electrons. The molecule has 1 rings (SSSR count). The second kappa shape index (κ2) is 4.22. The molecule has 82 valence electrons. The number of halogens is 3. The van der Waals surface area contributed by atoms with E-state index >= 15 is 0 Å². The molecule has 5 nitrogen and oxygen atoms in total. The topological polar surface area (TPSA) is 82.0 Å². The first kappa shape index (κ1) is 11.4. The highest BCUT2D eigenvalue weighted by Crippen LogP contribution is 2.29. The third-order valence-electron chi connectivity index (χ3n) is 1.64. The van der Waals surface area contributed by atoms with Crippen LogP contribution in [0.4, 0.5) is 19.0 Å². The molecule has 8 heteroatoms. The average Bonchev–Trinajstić information content (AvgIpc) is 2.15. The van der Waals surface area contributed by atoms with Crippen LogP contribution in [-0.2, 0) is 6.54 Å². The van der Waals surface area contributed by atoms with E-state index in [1.807, 2.05) is 0 Å². The Morgan fingerprint density at radius 3 is 2.60 bits per heavy atom. The Balaban J connectivity index is 3.42. The van der Waals surface area contributed by atoms with Gasteiger partial charge in [-0.25, -0.2) is 13.2 Å². The van der Waals surface area contributed by atoms with Gasteiger partial charge in [0.25, 0.3) is 6.43 Å². The Kier molecular flexibility index (Phi) is 3.20. The molecule has 0 amide bonds. The van der Waals surface area contributed by atoms with Crippen molar-refractivity contribution in [3.05, 3.63) is 33.3 Å². The quantitative estimate of drug-likeness (QED) is 0.619. The monoisotopic (exact) mass is 221 g/mol. The lowest BCUT2D eigenvalue weighted by Gasteiger charge is -2.03. The number of aromatic nitrogens is 1. The molecule has 1 aromatic rings. The summed E-state index contributed by atoms with van der Waals surface area (Å²) >= 11 is 0. The van der Waals surface area contributed by atoms with Gasteiger partial charge >= 0.3 is 5.82 Å². The highest BCUT2D eigenvalue weighted by molar-refractivity contribution is 5.36. The number of alkyl halides is 2. The van der Waals surface area contributed by atoms with Gasteiger partial charge in [0.1, 0.15) is 5.82 Å². The number of pyridine rings is 1. The first-order chi connectivity index (χ1) is 6.97. The van der Waals surface area contributed by atoms with Gasteiger partial charge in [0, 0.05) is 6.07 Å². The molecule has 0 aromatic carbocycles. The Morgan fingerprint density at radius 2 is 2.20 bits per heavy atom. The summed E-state index contributed by atoms with van der Waals surface area (Å²) < 4.78 is 37.6. The van der Waals surface area contributed by atoms with Crippen LogP contribution in [0.3, 0.4) is 0 Å². The van der Waals surface area contributed by atoms with Crippen molar-refractivity contribution in [1.29, 1.82) is 0 Å². The van der Waals surface area contributed by atoms with Crippen LogP contribution in [0.15, 0.2) is 6.07 Å². The second-order valence-corrected chi connectivity index (χ2v) is 2.59. The smallest absolute Gasteiger partial charge is 0.358 e. The molecule has 1 heterocycles. The molecule has 0 saturated heterocycles. The lowest BCUT2D eigenvalue weighted by molar-refractivity contribution is -0.391. The zero-order chi connectivity index (χ0) is 11.6. The van der Waals surface area contributed by atoms with Crippen molar-refractivity contribution in [1.82, 2.24) is 4.98 Å². The van der Waals surface area contributed by atoms with Crippen LogP contribution in [0.5, 0.6) is 0 Å². The predicted octanol–water partition coefficient (Wildman–Crippen LogP) is 1.53. The minimum Gasteiger partial charge on any atom is -0.358 e. The standard InChI is InChI=1S/C7H6F3N3O2/c8-4-1-3(2-11)12-7(13(14)15)5(4)6(9)10/h1,6H,2,11H2. The summed E-state index contributed by atoms with van der Waals surface area (Å²) in [6, 6.07) is 0.661. The van der Waals surface area contributed by atoms with Crippen LogP contribution in [0.25, 0.3) is 0 Å². The second-order valence-electron chi connectivity index (χ2n) is 2.59. The number of rotatable bonds is 3. The molecule has 0 atom stereocenters. The van der Waals surface area contributed by atoms with E-state index in [2.05, 4.69) is 4.98 Å². The summed E-state index contributed by atoms with van der Waals surface area (Å²) in [7, 11) is 0. The maximum absolute atomic E-state index is 13.0. The average molecular weight is 221 g/mol. The van der Waals surface area contributed by atoms with Crippen LogP contribution < -0.4 is 5.73 Å². The van der Waals surface area contributed by atoms with Crippen molar-refractivity contribution in [3.63, 3.8) is 0 Å². The van der Waals surface area contributed by atoms with Crippen LogP contribution in [0.1, 0.15) is 17.7 Å². The number of hydrogen-bond donors (Lipinski definition) is 1. The Hall–Kier alpha value is -1.70. The van der Waals surface area contributed by atoms with E-state index in [0.717, 1.165) is 0 Å². The lowest BCUT2D eigenvalue weighted by atomic mass is 10.2. The van der Waals surface area contributed by atoms with Crippen LogP contribution in [0, 0.1) is 15.9 Å². The predicted molar refractivity (Wildman–Crippen MR) is 43.7 cm³/mol. The maximum atomic E-state index is 13.0. The lowest BCUT2D eigenvalue weighted by Crippen LogP contribution is -2.08. The van der Waals surface area contributed by atoms with Gasteiger partial charge in [0.05, 0.1) is 6.54 Å². The van der Waals surface area contributed by atoms with Crippen molar-refractivity contribution >= 4 is 5.82 Å². The molecule has 0 saturated carbocycles. The van der Waals surface area contributed by atoms with E-state index in [-0.39, 0.29) is 12.2 Å². The van der Waals surface area contributed by atoms with Gasteiger partial charge in [0.2, 0.25) is 0 Å². The maximum Gasteiger partial charge on any atom is 0.375 e. The molecule has 0 unspecified atom stereocenters. The van der Waals surface area contributed by atoms with Crippen LogP contribution in [-0.4, -0.2) is 9.91 Å². The Morgan fingerprint density at radius 1 is 1.60 bits per heavy atom. The fourth-order valence-electron chi connectivity index (χ4n) is 1.00. The molecule has 15 heavy (non-hydrogen) atoms. The van der Waals surface area contributed by atoms with Gasteiger partial charge in [-0.3, -0.25) is 0 Å². The number of hydrogen-bond acceptors (Lipinski definition) is 4. The molecule has 1 aromatic heterocycles. The molecule has 0 aliphatic carbocycles. The molecule has 2 N–H and O–H groups in total.